The van der Waals surface area contributed by atoms with Crippen LogP contribution in [-0.2, 0) is 19.3 Å². The highest BCUT2D eigenvalue weighted by atomic mass is 16.3. The number of rotatable bonds is 3. The molecule has 1 atom stereocenters. The molecule has 19 heavy (non-hydrogen) atoms. The molecule has 2 nitrogen and oxygen atoms in total. The van der Waals surface area contributed by atoms with Gasteiger partial charge in [-0.1, -0.05) is 24.3 Å². The van der Waals surface area contributed by atoms with Crippen LogP contribution in [0.2, 0.25) is 0 Å². The predicted octanol–water partition coefficient (Wildman–Crippen LogP) is 3.15. The third kappa shape index (κ3) is 2.54. The van der Waals surface area contributed by atoms with Crippen molar-refractivity contribution in [2.24, 2.45) is 0 Å². The van der Waals surface area contributed by atoms with E-state index in [2.05, 4.69) is 23.2 Å². The van der Waals surface area contributed by atoms with Gasteiger partial charge >= 0.3 is 0 Å². The summed E-state index contributed by atoms with van der Waals surface area (Å²) in [5, 5.41) is 10.4. The Morgan fingerprint density at radius 2 is 2.05 bits per heavy atom. The molecule has 0 fully saturated rings. The molecule has 0 spiro atoms. The summed E-state index contributed by atoms with van der Waals surface area (Å²) in [6.45, 7) is 2.04. The molecule has 1 aromatic carbocycles. The molecular weight excluding hydrogens is 234 g/mol. The molecule has 1 unspecified atom stereocenters. The highest BCUT2D eigenvalue weighted by Crippen LogP contribution is 2.27. The summed E-state index contributed by atoms with van der Waals surface area (Å²) in [6.07, 6.45) is 5.50. The van der Waals surface area contributed by atoms with Gasteiger partial charge in [0.05, 0.1) is 6.10 Å². The van der Waals surface area contributed by atoms with Crippen molar-refractivity contribution in [3.63, 3.8) is 0 Å². The average Bonchev–Trinajstić information content (AvgIpc) is 2.88. The van der Waals surface area contributed by atoms with Crippen LogP contribution >= 0.6 is 0 Å². The number of aliphatic hydroxyl groups excluding tert-OH is 1. The molecule has 0 bridgehead atoms. The van der Waals surface area contributed by atoms with Crippen LogP contribution in [0.3, 0.4) is 0 Å². The summed E-state index contributed by atoms with van der Waals surface area (Å²) < 4.78 is 0. The maximum absolute atomic E-state index is 10.4. The van der Waals surface area contributed by atoms with Crippen LogP contribution in [0.5, 0.6) is 0 Å². The third-order valence-electron chi connectivity index (χ3n) is 4.01. The number of aromatic nitrogens is 1. The van der Waals surface area contributed by atoms with Gasteiger partial charge in [-0.25, -0.2) is 0 Å². The first-order chi connectivity index (χ1) is 9.24. The fraction of sp³-hybridized carbons (Fsp3) is 0.353. The van der Waals surface area contributed by atoms with E-state index >= 15 is 0 Å². The largest absolute Gasteiger partial charge is 0.388 e. The van der Waals surface area contributed by atoms with E-state index < -0.39 is 6.10 Å². The second-order valence-electron chi connectivity index (χ2n) is 5.37. The van der Waals surface area contributed by atoms with Gasteiger partial charge in [-0.2, -0.15) is 0 Å². The lowest BCUT2D eigenvalue weighted by molar-refractivity contribution is 0.177. The summed E-state index contributed by atoms with van der Waals surface area (Å²) in [6, 6.07) is 10.4. The second-order valence-corrected chi connectivity index (χ2v) is 5.37. The molecule has 0 amide bonds. The Kier molecular flexibility index (Phi) is 3.34. The van der Waals surface area contributed by atoms with Crippen molar-refractivity contribution in [1.29, 1.82) is 0 Å². The van der Waals surface area contributed by atoms with Gasteiger partial charge < -0.3 is 5.11 Å². The first-order valence-corrected chi connectivity index (χ1v) is 6.94. The Morgan fingerprint density at radius 1 is 1.21 bits per heavy atom. The number of hydrogen-bond acceptors (Lipinski definition) is 2. The molecule has 0 saturated heterocycles. The molecule has 0 radical (unpaired) electrons. The van der Waals surface area contributed by atoms with E-state index in [9.17, 15) is 5.11 Å². The molecule has 1 heterocycles. The lowest BCUT2D eigenvalue weighted by Gasteiger charge is -2.13. The Hall–Kier alpha value is -1.67. The Bertz CT molecular complexity index is 592. The lowest BCUT2D eigenvalue weighted by atomic mass is 9.99. The van der Waals surface area contributed by atoms with E-state index in [1.807, 2.05) is 19.1 Å². The number of hydrogen-bond donors (Lipinski definition) is 1. The highest BCUT2D eigenvalue weighted by Gasteiger charge is 2.15. The summed E-state index contributed by atoms with van der Waals surface area (Å²) >= 11 is 0. The van der Waals surface area contributed by atoms with Crippen LogP contribution in [0.15, 0.2) is 36.5 Å². The molecule has 1 aromatic heterocycles. The van der Waals surface area contributed by atoms with Crippen molar-refractivity contribution in [3.05, 3.63) is 64.5 Å². The summed E-state index contributed by atoms with van der Waals surface area (Å²) in [4.78, 5) is 4.36. The maximum atomic E-state index is 10.4. The minimum atomic E-state index is -0.459. The van der Waals surface area contributed by atoms with Crippen molar-refractivity contribution in [2.45, 2.75) is 38.7 Å². The Morgan fingerprint density at radius 3 is 2.89 bits per heavy atom. The minimum Gasteiger partial charge on any atom is -0.388 e. The van der Waals surface area contributed by atoms with Crippen LogP contribution in [0, 0.1) is 6.92 Å². The van der Waals surface area contributed by atoms with Gasteiger partial charge in [0, 0.05) is 18.3 Å². The molecular formula is C17H19NO. The molecule has 3 rings (SSSR count). The number of nitrogens with zero attached hydrogens (tertiary/aromatic N) is 1. The van der Waals surface area contributed by atoms with E-state index in [-0.39, 0.29) is 0 Å². The van der Waals surface area contributed by atoms with Gasteiger partial charge in [0.1, 0.15) is 0 Å². The second kappa shape index (κ2) is 5.14. The van der Waals surface area contributed by atoms with Crippen LogP contribution in [0.4, 0.5) is 0 Å². The molecule has 0 saturated carbocycles. The van der Waals surface area contributed by atoms with E-state index in [4.69, 9.17) is 0 Å². The minimum absolute atomic E-state index is 0.459. The van der Waals surface area contributed by atoms with E-state index in [1.54, 1.807) is 6.20 Å². The van der Waals surface area contributed by atoms with Crippen LogP contribution in [0.1, 0.15) is 40.5 Å². The first-order valence-electron chi connectivity index (χ1n) is 6.94. The standard InChI is InChI=1S/C17H19NO/c1-12-4-3-9-18-16(12)11-17(19)15-8-7-13-5-2-6-14(13)10-15/h3-4,7-10,17,19H,2,5-6,11H2,1H3. The van der Waals surface area contributed by atoms with Crippen LogP contribution in [-0.4, -0.2) is 10.1 Å². The SMILES string of the molecule is Cc1cccnc1CC(O)c1ccc2c(c1)CCC2. The summed E-state index contributed by atoms with van der Waals surface area (Å²) in [5.41, 5.74) is 6.00. The Balaban J connectivity index is 1.81. The van der Waals surface area contributed by atoms with Crippen molar-refractivity contribution in [2.75, 3.05) is 0 Å². The van der Waals surface area contributed by atoms with Crippen molar-refractivity contribution >= 4 is 0 Å². The predicted molar refractivity (Wildman–Crippen MR) is 76.1 cm³/mol. The number of aliphatic hydroxyl groups is 1. The summed E-state index contributed by atoms with van der Waals surface area (Å²) in [5.74, 6) is 0. The number of fused-ring (bicyclic) bond motifs is 1. The molecule has 98 valence electrons. The highest BCUT2D eigenvalue weighted by molar-refractivity contribution is 5.36. The third-order valence-corrected chi connectivity index (χ3v) is 4.01. The summed E-state index contributed by atoms with van der Waals surface area (Å²) in [7, 11) is 0. The van der Waals surface area contributed by atoms with Crippen molar-refractivity contribution in [1.82, 2.24) is 4.98 Å². The number of benzene rings is 1. The maximum Gasteiger partial charge on any atom is 0.0845 e. The topological polar surface area (TPSA) is 33.1 Å². The smallest absolute Gasteiger partial charge is 0.0845 e. The molecule has 1 aliphatic rings. The quantitative estimate of drug-likeness (QED) is 0.911. The fourth-order valence-electron chi connectivity index (χ4n) is 2.83. The van der Waals surface area contributed by atoms with E-state index in [0.717, 1.165) is 23.2 Å². The van der Waals surface area contributed by atoms with Gasteiger partial charge in [-0.3, -0.25) is 4.98 Å². The fourth-order valence-corrected chi connectivity index (χ4v) is 2.83. The van der Waals surface area contributed by atoms with Gasteiger partial charge in [0.2, 0.25) is 0 Å². The average molecular weight is 253 g/mol. The normalized spacial score (nSPS) is 15.3. The first kappa shape index (κ1) is 12.4. The molecule has 0 aliphatic heterocycles. The van der Waals surface area contributed by atoms with Crippen LogP contribution in [0.25, 0.3) is 0 Å². The molecule has 2 heteroatoms. The monoisotopic (exact) mass is 253 g/mol. The lowest BCUT2D eigenvalue weighted by Crippen LogP contribution is -2.05. The van der Waals surface area contributed by atoms with Gasteiger partial charge in [0.25, 0.3) is 0 Å². The van der Waals surface area contributed by atoms with Gasteiger partial charge in [-0.15, -0.1) is 0 Å². The Labute approximate surface area is 114 Å². The number of pyridine rings is 1. The molecule has 1 aliphatic carbocycles. The van der Waals surface area contributed by atoms with Crippen LogP contribution < -0.4 is 0 Å². The van der Waals surface area contributed by atoms with Gasteiger partial charge in [0.15, 0.2) is 0 Å². The zero-order valence-corrected chi connectivity index (χ0v) is 11.3. The van der Waals surface area contributed by atoms with E-state index in [0.29, 0.717) is 6.42 Å². The van der Waals surface area contributed by atoms with Crippen molar-refractivity contribution in [3.8, 4) is 0 Å². The molecule has 1 N–H and O–H groups in total. The van der Waals surface area contributed by atoms with E-state index in [1.165, 1.54) is 24.0 Å². The van der Waals surface area contributed by atoms with Crippen molar-refractivity contribution < 1.29 is 5.11 Å². The molecule has 2 aromatic rings. The van der Waals surface area contributed by atoms with Gasteiger partial charge in [-0.05, 0) is 54.5 Å². The zero-order valence-electron chi connectivity index (χ0n) is 11.3. The number of aryl methyl sites for hydroxylation is 3. The zero-order chi connectivity index (χ0) is 13.2.